The summed E-state index contributed by atoms with van der Waals surface area (Å²) < 4.78 is 0. The van der Waals surface area contributed by atoms with Crippen LogP contribution in [0.5, 0.6) is 0 Å². The SMILES string of the molecule is CC.CC.CCC(CCC(C)c1ccccc1)C1CCCCC1.CO.CO. The normalized spacial score (nSPS) is 15.0. The van der Waals surface area contributed by atoms with Gasteiger partial charge in [0.15, 0.2) is 0 Å². The first-order valence-corrected chi connectivity index (χ1v) is 11.3. The van der Waals surface area contributed by atoms with E-state index in [1.807, 2.05) is 27.7 Å². The van der Waals surface area contributed by atoms with E-state index in [0.717, 1.165) is 32.0 Å². The summed E-state index contributed by atoms with van der Waals surface area (Å²) in [5.41, 5.74) is 1.51. The molecular weight excluding hydrogens is 332 g/mol. The van der Waals surface area contributed by atoms with E-state index >= 15 is 0 Å². The first kappa shape index (κ1) is 30.9. The standard InChI is InChI=1S/C19H30.2C2H6.2CH4O/c1-3-17(19-12-8-5-9-13-19)15-14-16(2)18-10-6-4-7-11-18;4*1-2/h4,6-7,10-11,16-17,19H,3,5,8-9,12-15H2,1-2H3;2*1-2H3;2*2H,1H3. The molecule has 2 atom stereocenters. The van der Waals surface area contributed by atoms with Crippen LogP contribution in [0, 0.1) is 11.8 Å². The van der Waals surface area contributed by atoms with Crippen molar-refractivity contribution in [2.45, 2.75) is 98.8 Å². The van der Waals surface area contributed by atoms with Crippen molar-refractivity contribution in [1.29, 1.82) is 0 Å². The van der Waals surface area contributed by atoms with Crippen LogP contribution in [0.3, 0.4) is 0 Å². The second-order valence-corrected chi connectivity index (χ2v) is 6.46. The third-order valence-electron chi connectivity index (χ3n) is 5.18. The average molecular weight is 383 g/mol. The van der Waals surface area contributed by atoms with Crippen LogP contribution < -0.4 is 0 Å². The van der Waals surface area contributed by atoms with E-state index in [2.05, 4.69) is 44.2 Å². The zero-order valence-corrected chi connectivity index (χ0v) is 19.7. The van der Waals surface area contributed by atoms with Gasteiger partial charge >= 0.3 is 0 Å². The van der Waals surface area contributed by atoms with Gasteiger partial charge < -0.3 is 10.2 Å². The van der Waals surface area contributed by atoms with Gasteiger partial charge in [0, 0.05) is 14.2 Å². The van der Waals surface area contributed by atoms with Gasteiger partial charge in [-0.05, 0) is 36.2 Å². The predicted molar refractivity (Wildman–Crippen MR) is 123 cm³/mol. The Morgan fingerprint density at radius 1 is 0.815 bits per heavy atom. The summed E-state index contributed by atoms with van der Waals surface area (Å²) in [5.74, 6) is 2.73. The molecule has 162 valence electrons. The Kier molecular flexibility index (Phi) is 28.7. The lowest BCUT2D eigenvalue weighted by atomic mass is 9.76. The van der Waals surface area contributed by atoms with Gasteiger partial charge in [-0.15, -0.1) is 0 Å². The van der Waals surface area contributed by atoms with Crippen molar-refractivity contribution in [3.8, 4) is 0 Å². The van der Waals surface area contributed by atoms with Gasteiger partial charge in [0.1, 0.15) is 0 Å². The van der Waals surface area contributed by atoms with E-state index < -0.39 is 0 Å². The molecule has 0 radical (unpaired) electrons. The lowest BCUT2D eigenvalue weighted by Gasteiger charge is -2.30. The maximum Gasteiger partial charge on any atom is 0.0319 e. The Morgan fingerprint density at radius 2 is 1.30 bits per heavy atom. The third-order valence-corrected chi connectivity index (χ3v) is 5.18. The molecule has 0 aliphatic heterocycles. The van der Waals surface area contributed by atoms with Crippen LogP contribution >= 0.6 is 0 Å². The van der Waals surface area contributed by atoms with Crippen molar-refractivity contribution in [3.63, 3.8) is 0 Å². The average Bonchev–Trinajstić information content (AvgIpc) is 2.81. The second-order valence-electron chi connectivity index (χ2n) is 6.46. The predicted octanol–water partition coefficient (Wildman–Crippen LogP) is 7.45. The Hall–Kier alpha value is -0.860. The van der Waals surface area contributed by atoms with Gasteiger partial charge in [-0.2, -0.15) is 0 Å². The number of aliphatic hydroxyl groups excluding tert-OH is 2. The van der Waals surface area contributed by atoms with Gasteiger partial charge in [0.05, 0.1) is 0 Å². The number of benzene rings is 1. The molecule has 0 heterocycles. The molecule has 0 aromatic heterocycles. The number of hydrogen-bond acceptors (Lipinski definition) is 2. The van der Waals surface area contributed by atoms with Crippen LogP contribution in [0.1, 0.15) is 104 Å². The minimum absolute atomic E-state index is 0.721. The first-order valence-electron chi connectivity index (χ1n) is 11.3. The van der Waals surface area contributed by atoms with Crippen LogP contribution in [0.2, 0.25) is 0 Å². The maximum atomic E-state index is 7.00. The third kappa shape index (κ3) is 14.8. The summed E-state index contributed by atoms with van der Waals surface area (Å²) in [6, 6.07) is 11.0. The number of rotatable bonds is 6. The summed E-state index contributed by atoms with van der Waals surface area (Å²) in [4.78, 5) is 0. The fourth-order valence-corrected chi connectivity index (χ4v) is 3.79. The number of hydrogen-bond donors (Lipinski definition) is 2. The topological polar surface area (TPSA) is 40.5 Å². The van der Waals surface area contributed by atoms with E-state index in [4.69, 9.17) is 10.2 Å². The van der Waals surface area contributed by atoms with Gasteiger partial charge in [0.25, 0.3) is 0 Å². The monoisotopic (exact) mass is 382 g/mol. The highest BCUT2D eigenvalue weighted by atomic mass is 16.2. The molecule has 27 heavy (non-hydrogen) atoms. The molecule has 1 saturated carbocycles. The fourth-order valence-electron chi connectivity index (χ4n) is 3.79. The molecule has 0 bridgehead atoms. The molecule has 0 saturated heterocycles. The highest BCUT2D eigenvalue weighted by molar-refractivity contribution is 5.18. The van der Waals surface area contributed by atoms with Crippen LogP contribution in [0.25, 0.3) is 0 Å². The van der Waals surface area contributed by atoms with E-state index in [9.17, 15) is 0 Å². The zero-order valence-electron chi connectivity index (χ0n) is 19.7. The molecule has 1 aliphatic carbocycles. The van der Waals surface area contributed by atoms with Crippen molar-refractivity contribution in [2.24, 2.45) is 11.8 Å². The van der Waals surface area contributed by atoms with Crippen molar-refractivity contribution in [3.05, 3.63) is 35.9 Å². The smallest absolute Gasteiger partial charge is 0.0319 e. The quantitative estimate of drug-likeness (QED) is 0.536. The Balaban J connectivity index is -0.000000638. The molecule has 1 aliphatic rings. The molecule has 2 rings (SSSR count). The van der Waals surface area contributed by atoms with E-state index in [-0.39, 0.29) is 0 Å². The zero-order chi connectivity index (χ0) is 21.5. The molecule has 2 unspecified atom stereocenters. The van der Waals surface area contributed by atoms with Crippen molar-refractivity contribution < 1.29 is 10.2 Å². The van der Waals surface area contributed by atoms with Crippen molar-refractivity contribution >= 4 is 0 Å². The van der Waals surface area contributed by atoms with Crippen LogP contribution in [-0.4, -0.2) is 24.4 Å². The van der Waals surface area contributed by atoms with Crippen LogP contribution in [-0.2, 0) is 0 Å². The molecule has 2 heteroatoms. The molecule has 0 spiro atoms. The molecule has 2 N–H and O–H groups in total. The summed E-state index contributed by atoms with van der Waals surface area (Å²) in [6.07, 6.45) is 11.6. The van der Waals surface area contributed by atoms with Gasteiger partial charge in [-0.25, -0.2) is 0 Å². The maximum absolute atomic E-state index is 7.00. The van der Waals surface area contributed by atoms with Gasteiger partial charge in [0.2, 0.25) is 0 Å². The first-order chi connectivity index (χ1) is 13.3. The molecule has 0 amide bonds. The molecule has 1 fully saturated rings. The lowest BCUT2D eigenvalue weighted by Crippen LogP contribution is -2.18. The highest BCUT2D eigenvalue weighted by Crippen LogP contribution is 2.35. The van der Waals surface area contributed by atoms with Gasteiger partial charge in [-0.1, -0.05) is 110 Å². The summed E-state index contributed by atoms with van der Waals surface area (Å²) in [5, 5.41) is 14.0. The second kappa shape index (κ2) is 25.1. The lowest BCUT2D eigenvalue weighted by molar-refractivity contribution is 0.224. The molecule has 1 aromatic rings. The largest absolute Gasteiger partial charge is 0.400 e. The minimum atomic E-state index is 0.721. The van der Waals surface area contributed by atoms with Crippen molar-refractivity contribution in [1.82, 2.24) is 0 Å². The fraction of sp³-hybridized carbons (Fsp3) is 0.760. The minimum Gasteiger partial charge on any atom is -0.400 e. The Bertz CT molecular complexity index is 345. The number of aliphatic hydroxyl groups is 2. The van der Waals surface area contributed by atoms with Crippen LogP contribution in [0.4, 0.5) is 0 Å². The van der Waals surface area contributed by atoms with Crippen LogP contribution in [0.15, 0.2) is 30.3 Å². The Morgan fingerprint density at radius 3 is 1.74 bits per heavy atom. The van der Waals surface area contributed by atoms with E-state index in [1.165, 1.54) is 56.9 Å². The molecule has 1 aromatic carbocycles. The Labute approximate surface area is 171 Å². The van der Waals surface area contributed by atoms with Crippen molar-refractivity contribution in [2.75, 3.05) is 14.2 Å². The molecular formula is C25H50O2. The summed E-state index contributed by atoms with van der Waals surface area (Å²) in [6.45, 7) is 12.8. The van der Waals surface area contributed by atoms with E-state index in [1.54, 1.807) is 0 Å². The highest BCUT2D eigenvalue weighted by Gasteiger charge is 2.22. The summed E-state index contributed by atoms with van der Waals surface area (Å²) in [7, 11) is 2.00. The van der Waals surface area contributed by atoms with E-state index in [0.29, 0.717) is 0 Å². The summed E-state index contributed by atoms with van der Waals surface area (Å²) >= 11 is 0. The van der Waals surface area contributed by atoms with Gasteiger partial charge in [-0.3, -0.25) is 0 Å². The molecule has 2 nitrogen and oxygen atoms in total.